The summed E-state index contributed by atoms with van der Waals surface area (Å²) < 4.78 is 4.70. The molecule has 3 aliphatic heterocycles. The molecule has 0 radical (unpaired) electrons. The molecule has 3 aromatic rings. The van der Waals surface area contributed by atoms with Crippen LogP contribution in [0.15, 0.2) is 53.7 Å². The Kier molecular flexibility index (Phi) is 9.84. The summed E-state index contributed by atoms with van der Waals surface area (Å²) in [5, 5.41) is 5.58. The van der Waals surface area contributed by atoms with Gasteiger partial charge in [0.15, 0.2) is 0 Å². The van der Waals surface area contributed by atoms with Gasteiger partial charge in [-0.15, -0.1) is 0 Å². The number of carbonyl (C=O) groups excluding carboxylic acids is 4. The second-order valence-electron chi connectivity index (χ2n) is 13.7. The van der Waals surface area contributed by atoms with Gasteiger partial charge < -0.3 is 30.2 Å². The number of nitrogens with one attached hydrogen (secondary N) is 3. The van der Waals surface area contributed by atoms with E-state index in [2.05, 4.69) is 50.9 Å². The van der Waals surface area contributed by atoms with Crippen LogP contribution in [0.5, 0.6) is 0 Å². The van der Waals surface area contributed by atoms with Crippen LogP contribution in [-0.4, -0.2) is 81.7 Å². The summed E-state index contributed by atoms with van der Waals surface area (Å²) in [5.74, 6) is 0.749. The van der Waals surface area contributed by atoms with Crippen LogP contribution >= 0.6 is 0 Å². The van der Waals surface area contributed by atoms with E-state index in [1.165, 1.54) is 7.11 Å². The fourth-order valence-corrected chi connectivity index (χ4v) is 6.98. The minimum Gasteiger partial charge on any atom is -0.453 e. The Hall–Kier alpha value is -5.00. The van der Waals surface area contributed by atoms with Crippen molar-refractivity contribution in [3.8, 4) is 22.4 Å². The van der Waals surface area contributed by atoms with E-state index >= 15 is 0 Å². The molecule has 0 saturated carbocycles. The standard InChI is InChI=1S/C37H45N7O5/c1-21(2)32(42-37(48)49-5)36(47)44-17-7-9-30(44)34(45)41-31-19-26-15-14-25(18-27(26)39-31)23-10-12-24(13-11-23)28-20-38-33(40-28)29-8-6-16-43(29)35(46)22(3)4/h10-15,18,20-22,29-30,32H,6-9,16-17,19H2,1-5H3,(H,38,40)(H,42,48)(H,39,41,45)/t29?,30-,32-/m0/s1. The number of carbonyl (C=O) groups is 4. The first kappa shape index (κ1) is 33.9. The Morgan fingerprint density at radius 2 is 1.59 bits per heavy atom. The fourth-order valence-electron chi connectivity index (χ4n) is 6.98. The Morgan fingerprint density at radius 1 is 0.898 bits per heavy atom. The van der Waals surface area contributed by atoms with Crippen molar-refractivity contribution >= 4 is 35.3 Å². The van der Waals surface area contributed by atoms with Crippen LogP contribution in [0.3, 0.4) is 0 Å². The van der Waals surface area contributed by atoms with Crippen LogP contribution < -0.4 is 10.6 Å². The first-order chi connectivity index (χ1) is 23.5. The van der Waals surface area contributed by atoms with Crippen molar-refractivity contribution in [1.82, 2.24) is 30.4 Å². The molecule has 0 aliphatic carbocycles. The molecule has 12 nitrogen and oxygen atoms in total. The Bertz CT molecular complexity index is 1760. The number of fused-ring (bicyclic) bond motifs is 1. The van der Waals surface area contributed by atoms with Crippen molar-refractivity contribution in [3.05, 3.63) is 60.0 Å². The van der Waals surface area contributed by atoms with E-state index in [1.54, 1.807) is 4.90 Å². The Morgan fingerprint density at radius 3 is 2.31 bits per heavy atom. The van der Waals surface area contributed by atoms with E-state index in [9.17, 15) is 19.2 Å². The first-order valence-corrected chi connectivity index (χ1v) is 17.2. The maximum atomic E-state index is 13.4. The molecule has 2 aromatic carbocycles. The molecule has 4 heterocycles. The summed E-state index contributed by atoms with van der Waals surface area (Å²) >= 11 is 0. The van der Waals surface area contributed by atoms with Crippen molar-refractivity contribution in [3.63, 3.8) is 0 Å². The second kappa shape index (κ2) is 14.2. The summed E-state index contributed by atoms with van der Waals surface area (Å²) in [5.41, 5.74) is 5.76. The molecule has 2 saturated heterocycles. The fraction of sp³-hybridized carbons (Fsp3) is 0.459. The number of amidine groups is 1. The zero-order valence-electron chi connectivity index (χ0n) is 28.8. The predicted octanol–water partition coefficient (Wildman–Crippen LogP) is 5.14. The first-order valence-electron chi connectivity index (χ1n) is 17.2. The van der Waals surface area contributed by atoms with Crippen LogP contribution in [0.25, 0.3) is 22.4 Å². The number of aromatic nitrogens is 2. The monoisotopic (exact) mass is 667 g/mol. The number of benzene rings is 2. The number of hydrogen-bond donors (Lipinski definition) is 3. The van der Waals surface area contributed by atoms with Gasteiger partial charge in [-0.3, -0.25) is 14.4 Å². The highest BCUT2D eigenvalue weighted by Gasteiger charge is 2.39. The number of aliphatic imine (C=N–C) groups is 1. The Balaban J connectivity index is 1.10. The predicted molar refractivity (Wildman–Crippen MR) is 186 cm³/mol. The number of amides is 4. The average Bonchev–Trinajstić information content (AvgIpc) is 3.92. The van der Waals surface area contributed by atoms with Gasteiger partial charge in [-0.05, 0) is 59.9 Å². The molecule has 2 fully saturated rings. The number of nitrogens with zero attached hydrogens (tertiary/aromatic N) is 4. The summed E-state index contributed by atoms with van der Waals surface area (Å²) in [4.78, 5) is 67.7. The van der Waals surface area contributed by atoms with Crippen molar-refractivity contribution in [2.45, 2.75) is 77.9 Å². The summed E-state index contributed by atoms with van der Waals surface area (Å²) in [6.45, 7) is 8.76. The maximum absolute atomic E-state index is 13.4. The normalized spacial score (nSPS) is 19.2. The summed E-state index contributed by atoms with van der Waals surface area (Å²) in [6, 6.07) is 12.9. The quantitative estimate of drug-likeness (QED) is 0.303. The van der Waals surface area contributed by atoms with Gasteiger partial charge in [-0.25, -0.2) is 14.8 Å². The largest absolute Gasteiger partial charge is 0.453 e. The molecular weight excluding hydrogens is 622 g/mol. The van der Waals surface area contributed by atoms with E-state index in [-0.39, 0.29) is 35.6 Å². The molecule has 1 aromatic heterocycles. The molecule has 0 spiro atoms. The number of methoxy groups -OCH3 is 1. The maximum Gasteiger partial charge on any atom is 0.407 e. The number of ether oxygens (including phenoxy) is 1. The molecular formula is C37H45N7O5. The van der Waals surface area contributed by atoms with Crippen molar-refractivity contribution < 1.29 is 23.9 Å². The van der Waals surface area contributed by atoms with Gasteiger partial charge in [-0.2, -0.15) is 0 Å². The van der Waals surface area contributed by atoms with Crippen molar-refractivity contribution in [1.29, 1.82) is 0 Å². The molecule has 6 rings (SSSR count). The van der Waals surface area contributed by atoms with E-state index in [4.69, 9.17) is 9.73 Å². The number of aromatic amines is 1. The zero-order valence-corrected chi connectivity index (χ0v) is 28.8. The molecule has 258 valence electrons. The molecule has 3 atom stereocenters. The van der Waals surface area contributed by atoms with Gasteiger partial charge >= 0.3 is 6.09 Å². The zero-order chi connectivity index (χ0) is 34.8. The molecule has 49 heavy (non-hydrogen) atoms. The lowest BCUT2D eigenvalue weighted by Crippen LogP contribution is -2.55. The Labute approximate surface area is 286 Å². The van der Waals surface area contributed by atoms with Crippen LogP contribution in [-0.2, 0) is 25.5 Å². The molecule has 3 N–H and O–H groups in total. The summed E-state index contributed by atoms with van der Waals surface area (Å²) in [6.07, 6.45) is 4.76. The van der Waals surface area contributed by atoms with Crippen molar-refractivity contribution in [2.24, 2.45) is 16.8 Å². The second-order valence-corrected chi connectivity index (χ2v) is 13.7. The molecule has 1 unspecified atom stereocenters. The third kappa shape index (κ3) is 7.09. The highest BCUT2D eigenvalue weighted by atomic mass is 16.5. The smallest absolute Gasteiger partial charge is 0.407 e. The van der Waals surface area contributed by atoms with Crippen molar-refractivity contribution in [2.75, 3.05) is 20.2 Å². The minimum absolute atomic E-state index is 0.0169. The molecule has 12 heteroatoms. The lowest BCUT2D eigenvalue weighted by Gasteiger charge is -2.30. The van der Waals surface area contributed by atoms with Crippen LogP contribution in [0.2, 0.25) is 0 Å². The van der Waals surface area contributed by atoms with Gasteiger partial charge in [0.2, 0.25) is 17.7 Å². The van der Waals surface area contributed by atoms with E-state index in [0.717, 1.165) is 58.8 Å². The van der Waals surface area contributed by atoms with Crippen LogP contribution in [0.4, 0.5) is 10.5 Å². The van der Waals surface area contributed by atoms with E-state index in [1.807, 2.05) is 50.9 Å². The highest BCUT2D eigenvalue weighted by molar-refractivity contribution is 6.05. The number of likely N-dealkylation sites (tertiary alicyclic amines) is 2. The average molecular weight is 668 g/mol. The van der Waals surface area contributed by atoms with Gasteiger partial charge in [0.05, 0.1) is 30.7 Å². The van der Waals surface area contributed by atoms with Crippen LogP contribution in [0.1, 0.15) is 70.8 Å². The van der Waals surface area contributed by atoms with Gasteiger partial charge in [0.1, 0.15) is 23.7 Å². The van der Waals surface area contributed by atoms with Gasteiger partial charge in [0.25, 0.3) is 0 Å². The van der Waals surface area contributed by atoms with E-state index < -0.39 is 18.2 Å². The van der Waals surface area contributed by atoms with Gasteiger partial charge in [-0.1, -0.05) is 64.1 Å². The number of hydrogen-bond acceptors (Lipinski definition) is 7. The SMILES string of the molecule is COC(=O)N[C@H](C(=O)N1CCC[C@H]1C(=O)NC1=Nc2cc(-c3ccc(-c4cnc(C5CCCN5C(=O)C(C)C)[nH]4)cc3)ccc2C1)C(C)C. The lowest BCUT2D eigenvalue weighted by atomic mass is 10.0. The lowest BCUT2D eigenvalue weighted by molar-refractivity contribution is -0.140. The van der Waals surface area contributed by atoms with Gasteiger partial charge in [0, 0.05) is 25.4 Å². The van der Waals surface area contributed by atoms with E-state index in [0.29, 0.717) is 31.6 Å². The van der Waals surface area contributed by atoms with Crippen LogP contribution in [0, 0.1) is 11.8 Å². The molecule has 4 amide bonds. The third-order valence-electron chi connectivity index (χ3n) is 9.67. The summed E-state index contributed by atoms with van der Waals surface area (Å²) in [7, 11) is 1.25. The topological polar surface area (TPSA) is 149 Å². The number of H-pyrrole nitrogens is 1. The third-order valence-corrected chi connectivity index (χ3v) is 9.67. The number of alkyl carbamates (subject to hydrolysis) is 1. The minimum atomic E-state index is -0.789. The highest BCUT2D eigenvalue weighted by Crippen LogP contribution is 2.35. The number of rotatable bonds is 8. The molecule has 3 aliphatic rings. The number of imidazole rings is 1. The molecule has 0 bridgehead atoms.